The third kappa shape index (κ3) is 1.18. The minimum atomic E-state index is 0.632. The largest absolute Gasteiger partial charge is 0.373 e. The van der Waals surface area contributed by atoms with Crippen molar-refractivity contribution in [2.45, 2.75) is 44.0 Å². The molecular formula is C9H14O2. The number of fused-ring (bicyclic) bond motifs is 1. The van der Waals surface area contributed by atoms with Crippen LogP contribution in [0.1, 0.15) is 25.7 Å². The molecule has 0 radical (unpaired) electrons. The summed E-state index contributed by atoms with van der Waals surface area (Å²) < 4.78 is 10.8. The second-order valence-electron chi connectivity index (χ2n) is 4.00. The van der Waals surface area contributed by atoms with E-state index < -0.39 is 0 Å². The highest BCUT2D eigenvalue weighted by molar-refractivity contribution is 4.92. The Kier molecular flexibility index (Phi) is 1.29. The van der Waals surface area contributed by atoms with Crippen LogP contribution in [-0.4, -0.2) is 24.9 Å². The van der Waals surface area contributed by atoms with Gasteiger partial charge in [-0.3, -0.25) is 0 Å². The number of hydrogen-bond acceptors (Lipinski definition) is 2. The normalized spacial score (nSPS) is 54.5. The molecular weight excluding hydrogens is 140 g/mol. The van der Waals surface area contributed by atoms with Crippen molar-refractivity contribution in [1.29, 1.82) is 0 Å². The molecule has 2 nitrogen and oxygen atoms in total. The SMILES string of the molecule is C1CC2OC2CCC1C1CO1. The highest BCUT2D eigenvalue weighted by Crippen LogP contribution is 2.40. The molecule has 2 heterocycles. The summed E-state index contributed by atoms with van der Waals surface area (Å²) in [4.78, 5) is 0. The third-order valence-corrected chi connectivity index (χ3v) is 3.22. The van der Waals surface area contributed by atoms with E-state index >= 15 is 0 Å². The molecule has 0 aromatic heterocycles. The van der Waals surface area contributed by atoms with E-state index in [1.165, 1.54) is 25.7 Å². The molecule has 3 rings (SSSR count). The minimum Gasteiger partial charge on any atom is -0.373 e. The third-order valence-electron chi connectivity index (χ3n) is 3.22. The Hall–Kier alpha value is -0.0800. The Morgan fingerprint density at radius 1 is 0.818 bits per heavy atom. The molecule has 2 heteroatoms. The lowest BCUT2D eigenvalue weighted by Gasteiger charge is -2.09. The van der Waals surface area contributed by atoms with Crippen molar-refractivity contribution < 1.29 is 9.47 Å². The number of rotatable bonds is 1. The van der Waals surface area contributed by atoms with E-state index in [1.54, 1.807) is 0 Å². The molecule has 1 aliphatic carbocycles. The lowest BCUT2D eigenvalue weighted by atomic mass is 9.97. The van der Waals surface area contributed by atoms with Crippen molar-refractivity contribution >= 4 is 0 Å². The maximum Gasteiger partial charge on any atom is 0.0842 e. The average molecular weight is 154 g/mol. The fourth-order valence-corrected chi connectivity index (χ4v) is 2.29. The van der Waals surface area contributed by atoms with E-state index in [0.29, 0.717) is 18.3 Å². The van der Waals surface area contributed by atoms with E-state index in [9.17, 15) is 0 Å². The predicted molar refractivity (Wildman–Crippen MR) is 40.4 cm³/mol. The number of hydrogen-bond donors (Lipinski definition) is 0. The first-order valence-corrected chi connectivity index (χ1v) is 4.70. The van der Waals surface area contributed by atoms with Crippen LogP contribution in [0.5, 0.6) is 0 Å². The van der Waals surface area contributed by atoms with Crippen molar-refractivity contribution in [3.63, 3.8) is 0 Å². The summed E-state index contributed by atoms with van der Waals surface area (Å²) in [6.45, 7) is 1.03. The van der Waals surface area contributed by atoms with Crippen LogP contribution >= 0.6 is 0 Å². The van der Waals surface area contributed by atoms with Gasteiger partial charge in [-0.15, -0.1) is 0 Å². The molecule has 0 aromatic carbocycles. The van der Waals surface area contributed by atoms with E-state index in [4.69, 9.17) is 9.47 Å². The van der Waals surface area contributed by atoms with E-state index in [2.05, 4.69) is 0 Å². The first-order chi connectivity index (χ1) is 5.43. The molecule has 0 amide bonds. The topological polar surface area (TPSA) is 25.1 Å². The number of ether oxygens (including phenoxy) is 2. The Labute approximate surface area is 66.9 Å². The summed E-state index contributed by atoms with van der Waals surface area (Å²) in [6.07, 6.45) is 7.16. The van der Waals surface area contributed by atoms with Crippen LogP contribution in [-0.2, 0) is 9.47 Å². The van der Waals surface area contributed by atoms with Gasteiger partial charge in [-0.2, -0.15) is 0 Å². The van der Waals surface area contributed by atoms with Gasteiger partial charge >= 0.3 is 0 Å². The Morgan fingerprint density at radius 3 is 2.00 bits per heavy atom. The molecule has 62 valence electrons. The van der Waals surface area contributed by atoms with Crippen molar-refractivity contribution in [1.82, 2.24) is 0 Å². The Balaban J connectivity index is 1.61. The second-order valence-corrected chi connectivity index (χ2v) is 4.00. The maximum absolute atomic E-state index is 5.47. The summed E-state index contributed by atoms with van der Waals surface area (Å²) in [5.74, 6) is 0.867. The van der Waals surface area contributed by atoms with Gasteiger partial charge in [0.2, 0.25) is 0 Å². The first-order valence-electron chi connectivity index (χ1n) is 4.70. The van der Waals surface area contributed by atoms with Gasteiger partial charge in [0.25, 0.3) is 0 Å². The molecule has 2 saturated heterocycles. The lowest BCUT2D eigenvalue weighted by Crippen LogP contribution is -2.07. The Bertz CT molecular complexity index is 153. The molecule has 0 spiro atoms. The maximum atomic E-state index is 5.47. The fourth-order valence-electron chi connectivity index (χ4n) is 2.29. The summed E-state index contributed by atoms with van der Waals surface area (Å²) in [6, 6.07) is 0. The smallest absolute Gasteiger partial charge is 0.0842 e. The van der Waals surface area contributed by atoms with Gasteiger partial charge in [0.15, 0.2) is 0 Å². The van der Waals surface area contributed by atoms with E-state index in [-0.39, 0.29) is 0 Å². The van der Waals surface area contributed by atoms with Gasteiger partial charge in [-0.05, 0) is 31.6 Å². The quantitative estimate of drug-likeness (QED) is 0.532. The number of epoxide rings is 2. The van der Waals surface area contributed by atoms with Crippen LogP contribution in [0.15, 0.2) is 0 Å². The standard InChI is InChI=1S/C9H14O2/c1-3-7-8(11-7)4-2-6(1)9-5-10-9/h6-9H,1-5H2. The molecule has 0 N–H and O–H groups in total. The molecule has 3 unspecified atom stereocenters. The van der Waals surface area contributed by atoms with E-state index in [1.807, 2.05) is 0 Å². The van der Waals surface area contributed by atoms with E-state index in [0.717, 1.165) is 12.5 Å². The molecule has 3 fully saturated rings. The van der Waals surface area contributed by atoms with Crippen LogP contribution in [0, 0.1) is 5.92 Å². The predicted octanol–water partition coefficient (Wildman–Crippen LogP) is 1.34. The van der Waals surface area contributed by atoms with Gasteiger partial charge in [-0.1, -0.05) is 0 Å². The van der Waals surface area contributed by atoms with Crippen LogP contribution < -0.4 is 0 Å². The van der Waals surface area contributed by atoms with Crippen LogP contribution in [0.2, 0.25) is 0 Å². The average Bonchev–Trinajstić information content (AvgIpc) is 2.82. The molecule has 11 heavy (non-hydrogen) atoms. The van der Waals surface area contributed by atoms with Gasteiger partial charge in [-0.25, -0.2) is 0 Å². The summed E-state index contributed by atoms with van der Waals surface area (Å²) in [5.41, 5.74) is 0. The van der Waals surface area contributed by atoms with Crippen molar-refractivity contribution in [2.75, 3.05) is 6.61 Å². The Morgan fingerprint density at radius 2 is 1.45 bits per heavy atom. The molecule has 0 bridgehead atoms. The van der Waals surface area contributed by atoms with Gasteiger partial charge < -0.3 is 9.47 Å². The zero-order valence-electron chi connectivity index (χ0n) is 6.66. The summed E-state index contributed by atoms with van der Waals surface area (Å²) in [5, 5.41) is 0. The van der Waals surface area contributed by atoms with Crippen molar-refractivity contribution in [3.8, 4) is 0 Å². The van der Waals surface area contributed by atoms with Crippen LogP contribution in [0.3, 0.4) is 0 Å². The second kappa shape index (κ2) is 2.20. The molecule has 2 aliphatic heterocycles. The molecule has 0 aromatic rings. The monoisotopic (exact) mass is 154 g/mol. The summed E-state index contributed by atoms with van der Waals surface area (Å²) >= 11 is 0. The van der Waals surface area contributed by atoms with Crippen LogP contribution in [0.25, 0.3) is 0 Å². The highest BCUT2D eigenvalue weighted by Gasteiger charge is 2.44. The van der Waals surface area contributed by atoms with Crippen molar-refractivity contribution in [2.24, 2.45) is 5.92 Å². The molecule has 1 saturated carbocycles. The van der Waals surface area contributed by atoms with Crippen molar-refractivity contribution in [3.05, 3.63) is 0 Å². The zero-order chi connectivity index (χ0) is 7.26. The lowest BCUT2D eigenvalue weighted by molar-refractivity contribution is 0.260. The summed E-state index contributed by atoms with van der Waals surface area (Å²) in [7, 11) is 0. The first kappa shape index (κ1) is 6.44. The van der Waals surface area contributed by atoms with Crippen LogP contribution in [0.4, 0.5) is 0 Å². The highest BCUT2D eigenvalue weighted by atomic mass is 16.6. The zero-order valence-corrected chi connectivity index (χ0v) is 6.66. The fraction of sp³-hybridized carbons (Fsp3) is 1.00. The van der Waals surface area contributed by atoms with Gasteiger partial charge in [0, 0.05) is 0 Å². The minimum absolute atomic E-state index is 0.632. The van der Waals surface area contributed by atoms with Gasteiger partial charge in [0.1, 0.15) is 0 Å². The molecule has 3 aliphatic rings. The van der Waals surface area contributed by atoms with Gasteiger partial charge in [0.05, 0.1) is 24.9 Å². The molecule has 3 atom stereocenters.